The molecule has 2 N–H and O–H groups in total. The first-order valence-corrected chi connectivity index (χ1v) is 21.6. The Kier molecular flexibility index (Phi) is 14.1. The van der Waals surface area contributed by atoms with E-state index in [1.165, 1.54) is 22.3 Å². The van der Waals surface area contributed by atoms with Crippen molar-refractivity contribution in [2.45, 2.75) is 52.1 Å². The second kappa shape index (κ2) is 21.7. The van der Waals surface area contributed by atoms with Gasteiger partial charge in [-0.05, 0) is 121 Å². The van der Waals surface area contributed by atoms with Crippen molar-refractivity contribution in [3.63, 3.8) is 0 Å². The normalized spacial score (nSPS) is 10.9. The Bertz CT molecular complexity index is 3060. The zero-order valence-corrected chi connectivity index (χ0v) is 36.0. The number of aromatic amines is 2. The van der Waals surface area contributed by atoms with E-state index >= 15 is 0 Å². The van der Waals surface area contributed by atoms with Crippen molar-refractivity contribution in [3.8, 4) is 23.0 Å². The van der Waals surface area contributed by atoms with E-state index in [4.69, 9.17) is 18.9 Å². The zero-order valence-electron chi connectivity index (χ0n) is 36.0. The van der Waals surface area contributed by atoms with Crippen LogP contribution in [0.2, 0.25) is 0 Å². The number of tetrazole rings is 2. The molecule has 14 nitrogen and oxygen atoms in total. The molecule has 10 rings (SSSR count). The van der Waals surface area contributed by atoms with Crippen LogP contribution in [0, 0.1) is 0 Å². The van der Waals surface area contributed by atoms with Crippen molar-refractivity contribution in [1.29, 1.82) is 0 Å². The minimum Gasteiger partial charge on any atom is -0.487 e. The second-order valence-electron chi connectivity index (χ2n) is 15.4. The second-order valence-corrected chi connectivity index (χ2v) is 15.4. The molecule has 0 aliphatic rings. The van der Waals surface area contributed by atoms with Gasteiger partial charge in [-0.15, -0.1) is 20.4 Å². The molecule has 0 fully saturated rings. The Morgan fingerprint density at radius 2 is 0.773 bits per heavy atom. The van der Waals surface area contributed by atoms with E-state index in [9.17, 15) is 0 Å². The van der Waals surface area contributed by atoms with Crippen LogP contribution in [0.1, 0.15) is 45.3 Å². The number of aromatic nitrogens is 10. The summed E-state index contributed by atoms with van der Waals surface area (Å²) in [6.45, 7) is 1.47. The van der Waals surface area contributed by atoms with E-state index in [-0.39, 0.29) is 13.2 Å². The number of pyridine rings is 2. The van der Waals surface area contributed by atoms with E-state index in [0.717, 1.165) is 81.9 Å². The Morgan fingerprint density at radius 3 is 1.24 bits per heavy atom. The Labute approximate surface area is 381 Å². The molecule has 328 valence electrons. The Morgan fingerprint density at radius 1 is 0.348 bits per heavy atom. The molecule has 0 saturated heterocycles. The van der Waals surface area contributed by atoms with E-state index in [2.05, 4.69) is 118 Å². The number of H-pyrrole nitrogens is 2. The summed E-state index contributed by atoms with van der Waals surface area (Å²) in [5.74, 6) is 4.32. The summed E-state index contributed by atoms with van der Waals surface area (Å²) in [6, 6.07) is 57.1. The highest BCUT2D eigenvalue weighted by Gasteiger charge is 2.06. The number of fused-ring (bicyclic) bond motifs is 2. The van der Waals surface area contributed by atoms with Crippen LogP contribution in [0.15, 0.2) is 170 Å². The smallest absolute Gasteiger partial charge is 0.211 e. The van der Waals surface area contributed by atoms with Gasteiger partial charge in [0.05, 0.1) is 22.4 Å². The van der Waals surface area contributed by atoms with Crippen molar-refractivity contribution in [2.24, 2.45) is 0 Å². The summed E-state index contributed by atoms with van der Waals surface area (Å²) in [4.78, 5) is 9.34. The summed E-state index contributed by atoms with van der Waals surface area (Å²) in [7, 11) is 0. The van der Waals surface area contributed by atoms with Gasteiger partial charge in [0.15, 0.2) is 13.2 Å². The Balaban J connectivity index is 0.000000166. The number of benzene rings is 6. The first kappa shape index (κ1) is 42.8. The molecule has 0 aliphatic carbocycles. The number of nitrogens with zero attached hydrogens (tertiary/aromatic N) is 8. The fraction of sp³-hybridized carbons (Fsp3) is 0.154. The molecule has 66 heavy (non-hydrogen) atoms. The summed E-state index contributed by atoms with van der Waals surface area (Å²) in [6.07, 6.45) is 3.71. The highest BCUT2D eigenvalue weighted by atomic mass is 16.5. The van der Waals surface area contributed by atoms with Crippen molar-refractivity contribution in [2.75, 3.05) is 0 Å². The van der Waals surface area contributed by atoms with Crippen LogP contribution in [-0.2, 0) is 52.1 Å². The fourth-order valence-electron chi connectivity index (χ4n) is 7.14. The predicted octanol–water partition coefficient (Wildman–Crippen LogP) is 9.38. The van der Waals surface area contributed by atoms with Gasteiger partial charge in [-0.2, -0.15) is 10.4 Å². The topological polar surface area (TPSA) is 172 Å². The van der Waals surface area contributed by atoms with Gasteiger partial charge in [-0.3, -0.25) is 0 Å². The van der Waals surface area contributed by atoms with Crippen molar-refractivity contribution < 1.29 is 18.9 Å². The first-order valence-electron chi connectivity index (χ1n) is 21.6. The monoisotopic (exact) mass is 874 g/mol. The standard InChI is InChI=1S/2C26H23N5O2/c1-2-7-25-21(5-1)12-13-22(27-25)17-32-24-6-3-4-20(16-24)9-8-19-10-14-23(15-11-19)33-18-26-28-30-31-29-26;1-2-7-25-21(5-1)12-13-22(27-25)17-32-23-14-10-19(11-15-23)8-9-20-4-3-6-24(16-20)33-18-26-28-30-31-29-26/h2*1-7,10-16H,8-9,17-18H2,(H,28,29,30,31). The average Bonchev–Trinajstić information content (AvgIpc) is 4.12. The van der Waals surface area contributed by atoms with E-state index < -0.39 is 0 Å². The lowest BCUT2D eigenvalue weighted by molar-refractivity contribution is 0.295. The number of hydrogen-bond acceptors (Lipinski definition) is 12. The van der Waals surface area contributed by atoms with Gasteiger partial charge in [0.2, 0.25) is 11.6 Å². The number of para-hydroxylation sites is 2. The molecule has 0 aliphatic heterocycles. The number of aryl methyl sites for hydroxylation is 4. The molecule has 0 radical (unpaired) electrons. The zero-order chi connectivity index (χ0) is 44.6. The van der Waals surface area contributed by atoms with Gasteiger partial charge in [0, 0.05) is 10.8 Å². The minimum absolute atomic E-state index is 0.288. The average molecular weight is 875 g/mol. The minimum atomic E-state index is 0.288. The first-order chi connectivity index (χ1) is 32.6. The maximum atomic E-state index is 6.01. The highest BCUT2D eigenvalue weighted by Crippen LogP contribution is 2.22. The van der Waals surface area contributed by atoms with E-state index in [1.807, 2.05) is 103 Å². The van der Waals surface area contributed by atoms with Crippen LogP contribution in [0.25, 0.3) is 21.8 Å². The highest BCUT2D eigenvalue weighted by molar-refractivity contribution is 5.79. The third kappa shape index (κ3) is 12.3. The number of rotatable bonds is 18. The van der Waals surface area contributed by atoms with Crippen LogP contribution < -0.4 is 18.9 Å². The molecule has 0 amide bonds. The molecule has 10 aromatic rings. The van der Waals surface area contributed by atoms with Crippen molar-refractivity contribution in [3.05, 3.63) is 215 Å². The maximum absolute atomic E-state index is 6.01. The summed E-state index contributed by atoms with van der Waals surface area (Å²) in [5, 5.41) is 29.7. The molecular weight excluding hydrogens is 829 g/mol. The summed E-state index contributed by atoms with van der Waals surface area (Å²) >= 11 is 0. The van der Waals surface area contributed by atoms with Crippen molar-refractivity contribution in [1.82, 2.24) is 51.2 Å². The molecule has 0 atom stereocenters. The lowest BCUT2D eigenvalue weighted by Crippen LogP contribution is -1.99. The lowest BCUT2D eigenvalue weighted by atomic mass is 10.0. The van der Waals surface area contributed by atoms with Crippen LogP contribution in [-0.4, -0.2) is 51.2 Å². The van der Waals surface area contributed by atoms with Crippen molar-refractivity contribution >= 4 is 21.8 Å². The Hall–Kier alpha value is -8.52. The van der Waals surface area contributed by atoms with Crippen LogP contribution >= 0.6 is 0 Å². The van der Waals surface area contributed by atoms with Gasteiger partial charge in [0.25, 0.3) is 0 Å². The molecule has 0 saturated carbocycles. The SMILES string of the molecule is c1cc(CCc2ccc(OCc3ccc4ccccc4n3)cc2)cc(OCc2nn[nH]n2)c1.c1cc(CCc2ccc(OCc3nn[nH]n3)cc2)cc(OCc2ccc3ccccc3n2)c1. The number of hydrogen-bond donors (Lipinski definition) is 2. The molecule has 14 heteroatoms. The molecule has 0 bridgehead atoms. The maximum Gasteiger partial charge on any atom is 0.211 e. The molecule has 4 heterocycles. The lowest BCUT2D eigenvalue weighted by Gasteiger charge is -2.09. The van der Waals surface area contributed by atoms with Gasteiger partial charge >= 0.3 is 0 Å². The summed E-state index contributed by atoms with van der Waals surface area (Å²) < 4.78 is 23.4. The number of nitrogens with one attached hydrogen (secondary N) is 2. The molecule has 0 unspecified atom stereocenters. The van der Waals surface area contributed by atoms with E-state index in [0.29, 0.717) is 24.9 Å². The fourth-order valence-corrected chi connectivity index (χ4v) is 7.14. The van der Waals surface area contributed by atoms with Crippen LogP contribution in [0.4, 0.5) is 0 Å². The van der Waals surface area contributed by atoms with Gasteiger partial charge in [-0.1, -0.05) is 107 Å². The molecule has 0 spiro atoms. The largest absolute Gasteiger partial charge is 0.487 e. The third-order valence-corrected chi connectivity index (χ3v) is 10.6. The van der Waals surface area contributed by atoms with Crippen LogP contribution in [0.3, 0.4) is 0 Å². The van der Waals surface area contributed by atoms with E-state index in [1.54, 1.807) is 0 Å². The van der Waals surface area contributed by atoms with Gasteiger partial charge in [-0.25, -0.2) is 9.97 Å². The van der Waals surface area contributed by atoms with Gasteiger partial charge in [0.1, 0.15) is 36.2 Å². The molecule has 4 aromatic heterocycles. The van der Waals surface area contributed by atoms with Crippen LogP contribution in [0.5, 0.6) is 23.0 Å². The molecular formula is C52H46N10O4. The third-order valence-electron chi connectivity index (χ3n) is 10.6. The number of ether oxygens (including phenoxy) is 4. The van der Waals surface area contributed by atoms with Gasteiger partial charge < -0.3 is 18.9 Å². The summed E-state index contributed by atoms with van der Waals surface area (Å²) in [5.41, 5.74) is 8.74. The predicted molar refractivity (Wildman–Crippen MR) is 250 cm³/mol. The molecule has 6 aromatic carbocycles. The quantitative estimate of drug-likeness (QED) is 0.0838.